The highest BCUT2D eigenvalue weighted by Crippen LogP contribution is 2.51. The molecule has 1 aliphatic carbocycles. The van der Waals surface area contributed by atoms with E-state index < -0.39 is 6.04 Å². The second-order valence-corrected chi connectivity index (χ2v) is 14.2. The molecule has 2 nitrogen and oxygen atoms in total. The van der Waals surface area contributed by atoms with Crippen molar-refractivity contribution in [1.82, 2.24) is 9.97 Å². The molecule has 0 fully saturated rings. The third-order valence-electron chi connectivity index (χ3n) is 10.8. The van der Waals surface area contributed by atoms with E-state index in [1.807, 2.05) is 54.6 Å². The summed E-state index contributed by atoms with van der Waals surface area (Å²) in [6.07, 6.45) is 0. The first kappa shape index (κ1) is 26.2. The molecule has 250 valence electrons. The number of nitrogens with zero attached hydrogens (tertiary/aromatic N) is 2. The molecule has 2 heteroatoms. The van der Waals surface area contributed by atoms with Gasteiger partial charge in [0.1, 0.15) is 0 Å². The van der Waals surface area contributed by atoms with Gasteiger partial charge in [0, 0.05) is 22.1 Å². The van der Waals surface area contributed by atoms with Gasteiger partial charge in [0.15, 0.2) is 5.82 Å². The molecule has 0 spiro atoms. The van der Waals surface area contributed by atoms with Crippen LogP contribution in [0.2, 0.25) is 0 Å². The van der Waals surface area contributed by atoms with Gasteiger partial charge in [-0.25, -0.2) is 9.97 Å². The Balaban J connectivity index is 1.11. The predicted octanol–water partition coefficient (Wildman–Crippen LogP) is 13.4. The first-order chi connectivity index (χ1) is 28.1. The smallest absolute Gasteiger partial charge is 0.160 e. The quantitative estimate of drug-likeness (QED) is 0.181. The topological polar surface area (TPSA) is 25.8 Å². The normalized spacial score (nSPS) is 14.2. The number of rotatable bonds is 5. The number of aromatic nitrogens is 2. The molecule has 0 saturated carbocycles. The van der Waals surface area contributed by atoms with Crippen LogP contribution in [0.1, 0.15) is 31.8 Å². The predicted molar refractivity (Wildman–Crippen MR) is 222 cm³/mol. The van der Waals surface area contributed by atoms with Crippen LogP contribution in [0.5, 0.6) is 0 Å². The molecule has 10 rings (SSSR count). The highest BCUT2D eigenvalue weighted by molar-refractivity contribution is 6.05. The Kier molecular flexibility index (Phi) is 6.05. The fourth-order valence-corrected chi connectivity index (χ4v) is 8.04. The van der Waals surface area contributed by atoms with E-state index in [4.69, 9.17) is 16.8 Å². The van der Waals surface area contributed by atoms with Crippen molar-refractivity contribution in [1.29, 1.82) is 0 Å². The number of hydrogen-bond donors (Lipinski definition) is 0. The lowest BCUT2D eigenvalue weighted by Gasteiger charge is -2.22. The summed E-state index contributed by atoms with van der Waals surface area (Å²) in [6, 6.07) is 50.6. The van der Waals surface area contributed by atoms with E-state index in [1.165, 1.54) is 33.0 Å². The fraction of sp³-hybridized carbons (Fsp3) is 0.0588. The van der Waals surface area contributed by atoms with Gasteiger partial charge in [-0.2, -0.15) is 0 Å². The molecule has 9 aromatic rings. The van der Waals surface area contributed by atoms with Crippen LogP contribution in [0.4, 0.5) is 0 Å². The van der Waals surface area contributed by atoms with Crippen LogP contribution < -0.4 is 0 Å². The van der Waals surface area contributed by atoms with Crippen molar-refractivity contribution in [3.05, 3.63) is 193 Å². The van der Waals surface area contributed by atoms with E-state index in [0.29, 0.717) is 17.1 Å². The summed E-state index contributed by atoms with van der Waals surface area (Å²) in [5, 5.41) is 4.68. The molecule has 0 aliphatic heterocycles. The maximum atomic E-state index is 8.61. The van der Waals surface area contributed by atoms with Gasteiger partial charge in [-0.1, -0.05) is 165 Å². The summed E-state index contributed by atoms with van der Waals surface area (Å²) in [6.45, 7) is 4.66. The van der Waals surface area contributed by atoms with Crippen LogP contribution in [0, 0.1) is 0 Å². The van der Waals surface area contributed by atoms with E-state index >= 15 is 0 Å². The maximum Gasteiger partial charge on any atom is 0.160 e. The Morgan fingerprint density at radius 1 is 0.415 bits per heavy atom. The molecular weight excluding hydrogens is 641 g/mol. The van der Waals surface area contributed by atoms with E-state index in [-0.39, 0.29) is 35.1 Å². The second-order valence-electron chi connectivity index (χ2n) is 14.2. The van der Waals surface area contributed by atoms with Gasteiger partial charge >= 0.3 is 0 Å². The van der Waals surface area contributed by atoms with E-state index in [2.05, 4.69) is 105 Å². The lowest BCUT2D eigenvalue weighted by atomic mass is 9.81. The Hall–Kier alpha value is -6.64. The van der Waals surface area contributed by atoms with Crippen molar-refractivity contribution < 1.29 is 6.85 Å². The Morgan fingerprint density at radius 3 is 1.85 bits per heavy atom. The molecule has 53 heavy (non-hydrogen) atoms. The van der Waals surface area contributed by atoms with E-state index in [0.717, 1.165) is 44.3 Å². The molecule has 0 unspecified atom stereocenters. The van der Waals surface area contributed by atoms with Gasteiger partial charge in [-0.15, -0.1) is 0 Å². The molecule has 0 saturated heterocycles. The van der Waals surface area contributed by atoms with Crippen LogP contribution in [0.15, 0.2) is 182 Å². The summed E-state index contributed by atoms with van der Waals surface area (Å²) in [7, 11) is 0. The van der Waals surface area contributed by atoms with Crippen LogP contribution in [0.25, 0.3) is 88.8 Å². The number of fused-ring (bicyclic) bond motifs is 5. The first-order valence-electron chi connectivity index (χ1n) is 20.4. The zero-order valence-corrected chi connectivity index (χ0v) is 29.3. The van der Waals surface area contributed by atoms with Crippen LogP contribution >= 0.6 is 0 Å². The van der Waals surface area contributed by atoms with Crippen molar-refractivity contribution in [2.45, 2.75) is 19.3 Å². The largest absolute Gasteiger partial charge is 0.228 e. The minimum Gasteiger partial charge on any atom is -0.228 e. The lowest BCUT2D eigenvalue weighted by Crippen LogP contribution is -2.15. The summed E-state index contributed by atoms with van der Waals surface area (Å²) in [5.41, 5.74) is 12.0. The molecule has 1 aromatic heterocycles. The van der Waals surface area contributed by atoms with Gasteiger partial charge < -0.3 is 0 Å². The number of benzene rings is 8. The zero-order chi connectivity index (χ0) is 39.9. The zero-order valence-electron chi connectivity index (χ0n) is 34.3. The van der Waals surface area contributed by atoms with Crippen LogP contribution in [-0.4, -0.2) is 9.97 Å². The Labute approximate surface area is 317 Å². The van der Waals surface area contributed by atoms with Crippen molar-refractivity contribution >= 4 is 21.5 Å². The SMILES string of the molecule is [2H]c1c([2H])c([2H])c(-c2cccc(-c3cc(-c4ccc(-c5ccc6c(c5)C(C)(C)c5cc7ccccc7cc5-6)c5ccccc45)nc(-c4ccccc4)n3)c2)c([2H])c1[2H]. The maximum absolute atomic E-state index is 8.61. The van der Waals surface area contributed by atoms with Crippen molar-refractivity contribution in [2.24, 2.45) is 0 Å². The van der Waals surface area contributed by atoms with Gasteiger partial charge in [-0.05, 0) is 96.4 Å². The monoisotopic (exact) mass is 681 g/mol. The minimum absolute atomic E-state index is 0.152. The summed E-state index contributed by atoms with van der Waals surface area (Å²) < 4.78 is 41.8. The van der Waals surface area contributed by atoms with E-state index in [1.54, 1.807) is 6.07 Å². The van der Waals surface area contributed by atoms with Crippen molar-refractivity contribution in [3.8, 4) is 67.3 Å². The molecular formula is C51H36N2. The summed E-state index contributed by atoms with van der Waals surface area (Å²) in [5.74, 6) is 0.558. The molecule has 0 N–H and O–H groups in total. The Bertz CT molecular complexity index is 3130. The third-order valence-corrected chi connectivity index (χ3v) is 10.8. The molecule has 0 amide bonds. The van der Waals surface area contributed by atoms with Gasteiger partial charge in [0.25, 0.3) is 0 Å². The van der Waals surface area contributed by atoms with Gasteiger partial charge in [0.05, 0.1) is 18.2 Å². The average Bonchev–Trinajstić information content (AvgIpc) is 3.48. The lowest BCUT2D eigenvalue weighted by molar-refractivity contribution is 0.661. The highest BCUT2D eigenvalue weighted by Gasteiger charge is 2.36. The fourth-order valence-electron chi connectivity index (χ4n) is 8.04. The Morgan fingerprint density at radius 2 is 1.04 bits per heavy atom. The number of hydrogen-bond acceptors (Lipinski definition) is 2. The average molecular weight is 682 g/mol. The summed E-state index contributed by atoms with van der Waals surface area (Å²) >= 11 is 0. The molecule has 0 bridgehead atoms. The van der Waals surface area contributed by atoms with Crippen molar-refractivity contribution in [3.63, 3.8) is 0 Å². The molecule has 1 aliphatic rings. The van der Waals surface area contributed by atoms with Gasteiger partial charge in [0.2, 0.25) is 0 Å². The first-order valence-corrected chi connectivity index (χ1v) is 17.9. The second kappa shape index (κ2) is 12.3. The standard InChI is InChI=1S/C51H36N2/c1-51(2)46-31-38(24-25-43(46)45-29-36-18-9-10-19-37(36)30-47(45)51)40-26-27-44(42-23-12-11-22-41(40)42)49-32-48(52-50(53-49)34-16-7-4-8-17-34)39-21-13-20-35(28-39)33-14-5-3-6-15-33/h3-32H,1-2H3/i3D,5D,6D,14D,15D. The van der Waals surface area contributed by atoms with Gasteiger partial charge in [-0.3, -0.25) is 0 Å². The highest BCUT2D eigenvalue weighted by atomic mass is 14.9. The van der Waals surface area contributed by atoms with Crippen LogP contribution in [-0.2, 0) is 5.41 Å². The third kappa shape index (κ3) is 5.26. The van der Waals surface area contributed by atoms with Crippen LogP contribution in [0.3, 0.4) is 0 Å². The van der Waals surface area contributed by atoms with E-state index in [9.17, 15) is 0 Å². The summed E-state index contributed by atoms with van der Waals surface area (Å²) in [4.78, 5) is 10.2. The molecule has 8 aromatic carbocycles. The molecule has 0 radical (unpaired) electrons. The minimum atomic E-state index is -0.416. The molecule has 0 atom stereocenters. The van der Waals surface area contributed by atoms with Crippen molar-refractivity contribution in [2.75, 3.05) is 0 Å². The molecule has 1 heterocycles.